The van der Waals surface area contributed by atoms with Crippen LogP contribution in [0.1, 0.15) is 0 Å². The van der Waals surface area contributed by atoms with Crippen LogP contribution in [0.4, 0.5) is 17.2 Å². The van der Waals surface area contributed by atoms with Crippen LogP contribution in [0.3, 0.4) is 0 Å². The lowest BCUT2D eigenvalue weighted by Crippen LogP contribution is -2.03. The number of nitrogens with one attached hydrogen (secondary N) is 1. The molecule has 3 aromatic rings. The van der Waals surface area contributed by atoms with Crippen molar-refractivity contribution in [1.29, 1.82) is 0 Å². The Hall–Kier alpha value is -3.26. The number of benzene rings is 1. The van der Waals surface area contributed by atoms with Gasteiger partial charge >= 0.3 is 11.6 Å². The molecule has 0 radical (unpaired) electrons. The largest absolute Gasteiger partial charge is 0.432 e. The third kappa shape index (κ3) is 3.55. The standard InChI is InChI=1S/C15H10ClN5O3/c16-10-3-1-4-11(7-10)20-14-13(21(22)23)15(19-9-18-14)24-12-5-2-6-17-8-12/h1-9H,(H,18,19,20). The maximum Gasteiger partial charge on any atom is 0.373 e. The quantitative estimate of drug-likeness (QED) is 0.552. The van der Waals surface area contributed by atoms with Crippen LogP contribution in [0.25, 0.3) is 0 Å². The van der Waals surface area contributed by atoms with Crippen molar-refractivity contribution in [3.8, 4) is 11.6 Å². The van der Waals surface area contributed by atoms with Gasteiger partial charge in [-0.3, -0.25) is 15.1 Å². The number of ether oxygens (including phenoxy) is 1. The number of nitrogens with zero attached hydrogens (tertiary/aromatic N) is 4. The Balaban J connectivity index is 1.97. The predicted molar refractivity (Wildman–Crippen MR) is 87.7 cm³/mol. The molecule has 0 aliphatic rings. The number of aromatic nitrogens is 3. The molecule has 8 nitrogen and oxygen atoms in total. The zero-order valence-electron chi connectivity index (χ0n) is 12.1. The van der Waals surface area contributed by atoms with Gasteiger partial charge in [-0.2, -0.15) is 4.98 Å². The number of hydrogen-bond acceptors (Lipinski definition) is 7. The summed E-state index contributed by atoms with van der Waals surface area (Å²) in [7, 11) is 0. The lowest BCUT2D eigenvalue weighted by Gasteiger charge is -2.09. The summed E-state index contributed by atoms with van der Waals surface area (Å²) in [6.07, 6.45) is 4.16. The molecule has 9 heteroatoms. The highest BCUT2D eigenvalue weighted by Crippen LogP contribution is 2.35. The normalized spacial score (nSPS) is 10.2. The summed E-state index contributed by atoms with van der Waals surface area (Å²) in [5.41, 5.74) is 0.165. The van der Waals surface area contributed by atoms with E-state index < -0.39 is 4.92 Å². The Morgan fingerprint density at radius 1 is 1.21 bits per heavy atom. The third-order valence-electron chi connectivity index (χ3n) is 2.91. The van der Waals surface area contributed by atoms with E-state index in [1.54, 1.807) is 42.6 Å². The molecule has 0 saturated heterocycles. The predicted octanol–water partition coefficient (Wildman–Crippen LogP) is 3.97. The van der Waals surface area contributed by atoms with Gasteiger partial charge in [0.25, 0.3) is 0 Å². The topological polar surface area (TPSA) is 103 Å². The maximum absolute atomic E-state index is 11.5. The van der Waals surface area contributed by atoms with E-state index in [4.69, 9.17) is 16.3 Å². The molecule has 1 aromatic carbocycles. The van der Waals surface area contributed by atoms with Gasteiger partial charge in [-0.25, -0.2) is 4.98 Å². The van der Waals surface area contributed by atoms with Crippen molar-refractivity contribution in [1.82, 2.24) is 15.0 Å². The molecule has 2 heterocycles. The lowest BCUT2D eigenvalue weighted by atomic mass is 10.3. The van der Waals surface area contributed by atoms with E-state index >= 15 is 0 Å². The van der Waals surface area contributed by atoms with Crippen molar-refractivity contribution >= 4 is 28.8 Å². The molecule has 0 aliphatic heterocycles. The summed E-state index contributed by atoms with van der Waals surface area (Å²) in [6, 6.07) is 9.99. The molecule has 1 N–H and O–H groups in total. The molecule has 0 fully saturated rings. The molecule has 0 aliphatic carbocycles. The molecule has 0 saturated carbocycles. The fourth-order valence-electron chi connectivity index (χ4n) is 1.92. The molecule has 3 rings (SSSR count). The Bertz CT molecular complexity index is 876. The fourth-order valence-corrected chi connectivity index (χ4v) is 2.11. The second-order valence-electron chi connectivity index (χ2n) is 4.56. The van der Waals surface area contributed by atoms with Crippen LogP contribution < -0.4 is 10.1 Å². The summed E-state index contributed by atoms with van der Waals surface area (Å²) in [6.45, 7) is 0. The fraction of sp³-hybridized carbons (Fsp3) is 0. The van der Waals surface area contributed by atoms with Crippen LogP contribution in [0.15, 0.2) is 55.1 Å². The zero-order chi connectivity index (χ0) is 16.9. The number of rotatable bonds is 5. The van der Waals surface area contributed by atoms with E-state index in [0.29, 0.717) is 16.5 Å². The molecule has 0 spiro atoms. The average molecular weight is 344 g/mol. The van der Waals surface area contributed by atoms with Gasteiger partial charge in [0.2, 0.25) is 5.82 Å². The van der Waals surface area contributed by atoms with Crippen molar-refractivity contribution in [3.63, 3.8) is 0 Å². The first-order valence-corrected chi connectivity index (χ1v) is 7.11. The molecule has 0 atom stereocenters. The van der Waals surface area contributed by atoms with Gasteiger partial charge in [0.15, 0.2) is 0 Å². The van der Waals surface area contributed by atoms with E-state index in [1.165, 1.54) is 12.5 Å². The molecule has 2 aromatic heterocycles. The summed E-state index contributed by atoms with van der Waals surface area (Å²) >= 11 is 5.91. The summed E-state index contributed by atoms with van der Waals surface area (Å²) in [5, 5.41) is 14.8. The molecular formula is C15H10ClN5O3. The van der Waals surface area contributed by atoms with Crippen molar-refractivity contribution < 1.29 is 9.66 Å². The molecule has 120 valence electrons. The number of halogens is 1. The van der Waals surface area contributed by atoms with E-state index in [-0.39, 0.29) is 17.4 Å². The second-order valence-corrected chi connectivity index (χ2v) is 5.00. The van der Waals surface area contributed by atoms with E-state index in [0.717, 1.165) is 0 Å². The average Bonchev–Trinajstić information content (AvgIpc) is 2.56. The first kappa shape index (κ1) is 15.6. The van der Waals surface area contributed by atoms with Crippen LogP contribution in [0.2, 0.25) is 5.02 Å². The van der Waals surface area contributed by atoms with Crippen LogP contribution >= 0.6 is 11.6 Å². The Labute approximate surface area is 141 Å². The van der Waals surface area contributed by atoms with Crippen molar-refractivity contribution in [2.75, 3.05) is 5.32 Å². The molecule has 0 amide bonds. The maximum atomic E-state index is 11.5. The SMILES string of the molecule is O=[N+]([O-])c1c(Nc2cccc(Cl)c2)ncnc1Oc1cccnc1. The lowest BCUT2D eigenvalue weighted by molar-refractivity contribution is -0.385. The van der Waals surface area contributed by atoms with E-state index in [9.17, 15) is 10.1 Å². The molecular weight excluding hydrogens is 334 g/mol. The van der Waals surface area contributed by atoms with Gasteiger partial charge in [-0.05, 0) is 30.3 Å². The van der Waals surface area contributed by atoms with Crippen LogP contribution in [0.5, 0.6) is 11.6 Å². The molecule has 24 heavy (non-hydrogen) atoms. The van der Waals surface area contributed by atoms with Crippen LogP contribution in [0, 0.1) is 10.1 Å². The first-order valence-electron chi connectivity index (χ1n) is 6.73. The van der Waals surface area contributed by atoms with Crippen LogP contribution in [-0.4, -0.2) is 19.9 Å². The molecule has 0 unspecified atom stereocenters. The smallest absolute Gasteiger partial charge is 0.373 e. The van der Waals surface area contributed by atoms with Gasteiger partial charge in [0.05, 0.1) is 11.1 Å². The van der Waals surface area contributed by atoms with E-state index in [2.05, 4.69) is 20.3 Å². The number of nitro groups is 1. The minimum atomic E-state index is -0.613. The van der Waals surface area contributed by atoms with Gasteiger partial charge < -0.3 is 10.1 Å². The molecule has 0 bridgehead atoms. The first-order chi connectivity index (χ1) is 11.6. The van der Waals surface area contributed by atoms with Crippen molar-refractivity contribution in [2.24, 2.45) is 0 Å². The minimum absolute atomic E-state index is 0.00356. The van der Waals surface area contributed by atoms with Gasteiger partial charge in [-0.1, -0.05) is 17.7 Å². The van der Waals surface area contributed by atoms with E-state index in [1.807, 2.05) is 0 Å². The Morgan fingerprint density at radius 2 is 2.08 bits per heavy atom. The minimum Gasteiger partial charge on any atom is -0.432 e. The number of hydrogen-bond donors (Lipinski definition) is 1. The summed E-state index contributed by atoms with van der Waals surface area (Å²) in [5.74, 6) is 0.136. The monoisotopic (exact) mass is 343 g/mol. The summed E-state index contributed by atoms with van der Waals surface area (Å²) in [4.78, 5) is 22.5. The Kier molecular flexibility index (Phi) is 4.48. The van der Waals surface area contributed by atoms with Gasteiger partial charge in [-0.15, -0.1) is 0 Å². The Morgan fingerprint density at radius 3 is 2.79 bits per heavy atom. The number of pyridine rings is 1. The zero-order valence-corrected chi connectivity index (χ0v) is 12.8. The third-order valence-corrected chi connectivity index (χ3v) is 3.14. The van der Waals surface area contributed by atoms with Crippen molar-refractivity contribution in [3.05, 3.63) is 70.3 Å². The highest BCUT2D eigenvalue weighted by atomic mass is 35.5. The second kappa shape index (κ2) is 6.88. The highest BCUT2D eigenvalue weighted by Gasteiger charge is 2.25. The highest BCUT2D eigenvalue weighted by molar-refractivity contribution is 6.30. The van der Waals surface area contributed by atoms with Crippen molar-refractivity contribution in [2.45, 2.75) is 0 Å². The van der Waals surface area contributed by atoms with Gasteiger partial charge in [0, 0.05) is 16.9 Å². The number of anilines is 2. The van der Waals surface area contributed by atoms with Crippen LogP contribution in [-0.2, 0) is 0 Å². The van der Waals surface area contributed by atoms with Gasteiger partial charge in [0.1, 0.15) is 12.1 Å². The summed E-state index contributed by atoms with van der Waals surface area (Å²) < 4.78 is 5.45.